The Kier molecular flexibility index (Phi) is 5.24. The summed E-state index contributed by atoms with van der Waals surface area (Å²) in [6.07, 6.45) is 0.894. The Morgan fingerprint density at radius 1 is 1.25 bits per heavy atom. The van der Waals surface area contributed by atoms with Gasteiger partial charge in [-0.25, -0.2) is 4.98 Å². The molecule has 0 spiro atoms. The number of nitrogens with two attached hydrogens (primary N) is 1. The lowest BCUT2D eigenvalue weighted by Crippen LogP contribution is -2.17. The van der Waals surface area contributed by atoms with Gasteiger partial charge in [-0.05, 0) is 78.5 Å². The van der Waals surface area contributed by atoms with Crippen LogP contribution in [0.2, 0.25) is 0 Å². The highest BCUT2D eigenvalue weighted by molar-refractivity contribution is 9.10. The van der Waals surface area contributed by atoms with Gasteiger partial charge in [-0.2, -0.15) is 0 Å². The van der Waals surface area contributed by atoms with Crippen molar-refractivity contribution in [1.82, 2.24) is 4.98 Å². The number of halogens is 1. The Morgan fingerprint density at radius 2 is 2.00 bits per heavy atom. The molecule has 1 unspecified atom stereocenters. The third-order valence-electron chi connectivity index (χ3n) is 2.84. The molecule has 0 fully saturated rings. The molecule has 1 heterocycles. The topological polar surface area (TPSA) is 38.9 Å². The first-order chi connectivity index (χ1) is 9.44. The Balaban J connectivity index is 2.21. The molecular weight excluding hydrogens is 332 g/mol. The molecule has 2 rings (SSSR count). The van der Waals surface area contributed by atoms with Crippen LogP contribution in [0.5, 0.6) is 0 Å². The predicted molar refractivity (Wildman–Crippen MR) is 89.3 cm³/mol. The van der Waals surface area contributed by atoms with Gasteiger partial charge in [0.25, 0.3) is 0 Å². The molecule has 0 aliphatic heterocycles. The lowest BCUT2D eigenvalue weighted by Gasteiger charge is -2.09. The van der Waals surface area contributed by atoms with Crippen molar-refractivity contribution in [2.24, 2.45) is 5.73 Å². The number of benzene rings is 1. The summed E-state index contributed by atoms with van der Waals surface area (Å²) in [5.41, 5.74) is 9.39. The van der Waals surface area contributed by atoms with Crippen LogP contribution in [0.15, 0.2) is 44.7 Å². The molecule has 2 aromatic rings. The second-order valence-electron chi connectivity index (χ2n) is 5.17. The van der Waals surface area contributed by atoms with E-state index in [1.165, 1.54) is 16.0 Å². The average Bonchev–Trinajstić information content (AvgIpc) is 2.30. The van der Waals surface area contributed by atoms with E-state index >= 15 is 0 Å². The Labute approximate surface area is 133 Å². The van der Waals surface area contributed by atoms with Crippen LogP contribution in [0.4, 0.5) is 0 Å². The molecule has 0 bridgehead atoms. The molecule has 20 heavy (non-hydrogen) atoms. The van der Waals surface area contributed by atoms with Gasteiger partial charge in [0.05, 0.1) is 0 Å². The van der Waals surface area contributed by atoms with Gasteiger partial charge in [-0.1, -0.05) is 17.8 Å². The Bertz CT molecular complexity index is 591. The quantitative estimate of drug-likeness (QED) is 0.881. The molecule has 2 nitrogen and oxygen atoms in total. The molecule has 0 aliphatic carbocycles. The van der Waals surface area contributed by atoms with E-state index in [9.17, 15) is 0 Å². The van der Waals surface area contributed by atoms with E-state index in [-0.39, 0.29) is 6.04 Å². The van der Waals surface area contributed by atoms with Gasteiger partial charge in [-0.15, -0.1) is 0 Å². The van der Waals surface area contributed by atoms with Gasteiger partial charge in [0.1, 0.15) is 5.03 Å². The van der Waals surface area contributed by atoms with Gasteiger partial charge < -0.3 is 5.73 Å². The SMILES string of the molecule is Cc1cc(C)nc(Sc2ccc(CC(C)N)cc2Br)c1. The molecule has 106 valence electrons. The average molecular weight is 351 g/mol. The highest BCUT2D eigenvalue weighted by Gasteiger charge is 2.07. The van der Waals surface area contributed by atoms with Gasteiger partial charge in [0.2, 0.25) is 0 Å². The summed E-state index contributed by atoms with van der Waals surface area (Å²) in [5.74, 6) is 0. The molecule has 0 aliphatic rings. The molecule has 1 atom stereocenters. The minimum Gasteiger partial charge on any atom is -0.328 e. The summed E-state index contributed by atoms with van der Waals surface area (Å²) in [7, 11) is 0. The molecule has 4 heteroatoms. The number of nitrogens with zero attached hydrogens (tertiary/aromatic N) is 1. The minimum atomic E-state index is 0.182. The highest BCUT2D eigenvalue weighted by Crippen LogP contribution is 2.33. The number of aryl methyl sites for hydroxylation is 2. The molecule has 1 aromatic carbocycles. The molecule has 0 amide bonds. The number of rotatable bonds is 4. The van der Waals surface area contributed by atoms with E-state index in [2.05, 4.69) is 58.2 Å². The highest BCUT2D eigenvalue weighted by atomic mass is 79.9. The van der Waals surface area contributed by atoms with Crippen LogP contribution in [0.25, 0.3) is 0 Å². The summed E-state index contributed by atoms with van der Waals surface area (Å²) in [4.78, 5) is 5.74. The molecular formula is C16H19BrN2S. The maximum atomic E-state index is 5.84. The summed E-state index contributed by atoms with van der Waals surface area (Å²) in [6.45, 7) is 6.15. The van der Waals surface area contributed by atoms with Gasteiger partial charge in [0, 0.05) is 21.1 Å². The van der Waals surface area contributed by atoms with E-state index in [1.54, 1.807) is 11.8 Å². The number of hydrogen-bond donors (Lipinski definition) is 1. The van der Waals surface area contributed by atoms with Crippen LogP contribution in [0.3, 0.4) is 0 Å². The molecule has 2 N–H and O–H groups in total. The van der Waals surface area contributed by atoms with E-state index in [0.717, 1.165) is 21.6 Å². The summed E-state index contributed by atoms with van der Waals surface area (Å²) in [6, 6.07) is 10.8. The first kappa shape index (κ1) is 15.5. The van der Waals surface area contributed by atoms with Gasteiger partial charge in [-0.3, -0.25) is 0 Å². The van der Waals surface area contributed by atoms with Crippen molar-refractivity contribution >= 4 is 27.7 Å². The van der Waals surface area contributed by atoms with E-state index in [4.69, 9.17) is 5.73 Å². The zero-order chi connectivity index (χ0) is 14.7. The summed E-state index contributed by atoms with van der Waals surface area (Å²) in [5, 5.41) is 1.03. The Morgan fingerprint density at radius 3 is 2.60 bits per heavy atom. The number of aromatic nitrogens is 1. The van der Waals surface area contributed by atoms with Gasteiger partial charge in [0.15, 0.2) is 0 Å². The summed E-state index contributed by atoms with van der Waals surface area (Å²) < 4.78 is 1.10. The van der Waals surface area contributed by atoms with Crippen LogP contribution >= 0.6 is 27.7 Å². The third kappa shape index (κ3) is 4.33. The minimum absolute atomic E-state index is 0.182. The molecule has 0 radical (unpaired) electrons. The molecule has 1 aromatic heterocycles. The van der Waals surface area contributed by atoms with Crippen molar-refractivity contribution in [3.63, 3.8) is 0 Å². The smallest absolute Gasteiger partial charge is 0.101 e. The Hall–Kier alpha value is -0.840. The van der Waals surface area contributed by atoms with E-state index < -0.39 is 0 Å². The van der Waals surface area contributed by atoms with E-state index in [0.29, 0.717) is 0 Å². The van der Waals surface area contributed by atoms with Crippen molar-refractivity contribution in [2.45, 2.75) is 43.2 Å². The second-order valence-corrected chi connectivity index (χ2v) is 7.09. The molecule has 0 saturated carbocycles. The largest absolute Gasteiger partial charge is 0.328 e. The fraction of sp³-hybridized carbons (Fsp3) is 0.312. The lowest BCUT2D eigenvalue weighted by atomic mass is 10.1. The van der Waals surface area contributed by atoms with Crippen molar-refractivity contribution in [1.29, 1.82) is 0 Å². The fourth-order valence-electron chi connectivity index (χ4n) is 2.10. The predicted octanol–water partition coefficient (Wildman–Crippen LogP) is 4.50. The van der Waals surface area contributed by atoms with Crippen LogP contribution in [-0.2, 0) is 6.42 Å². The number of pyridine rings is 1. The van der Waals surface area contributed by atoms with Crippen molar-refractivity contribution < 1.29 is 0 Å². The summed E-state index contributed by atoms with van der Waals surface area (Å²) >= 11 is 5.32. The maximum Gasteiger partial charge on any atom is 0.101 e. The van der Waals surface area contributed by atoms with Crippen LogP contribution in [0.1, 0.15) is 23.7 Å². The van der Waals surface area contributed by atoms with Gasteiger partial charge >= 0.3 is 0 Å². The normalized spacial score (nSPS) is 12.4. The van der Waals surface area contributed by atoms with E-state index in [1.807, 2.05) is 13.8 Å². The number of hydrogen-bond acceptors (Lipinski definition) is 3. The first-order valence-electron chi connectivity index (χ1n) is 6.61. The molecule has 0 saturated heterocycles. The van der Waals surface area contributed by atoms with Crippen molar-refractivity contribution in [2.75, 3.05) is 0 Å². The van der Waals surface area contributed by atoms with Crippen molar-refractivity contribution in [3.05, 3.63) is 51.6 Å². The zero-order valence-corrected chi connectivity index (χ0v) is 14.4. The monoisotopic (exact) mass is 350 g/mol. The lowest BCUT2D eigenvalue weighted by molar-refractivity contribution is 0.737. The fourth-order valence-corrected chi connectivity index (χ4v) is 3.72. The van der Waals surface area contributed by atoms with Crippen LogP contribution in [-0.4, -0.2) is 11.0 Å². The maximum absolute atomic E-state index is 5.84. The van der Waals surface area contributed by atoms with Crippen molar-refractivity contribution in [3.8, 4) is 0 Å². The third-order valence-corrected chi connectivity index (χ3v) is 4.76. The second kappa shape index (κ2) is 6.74. The first-order valence-corrected chi connectivity index (χ1v) is 8.22. The van der Waals surface area contributed by atoms with Crippen LogP contribution < -0.4 is 5.73 Å². The standard InChI is InChI=1S/C16H19BrN2S/c1-10-6-12(3)19-16(7-10)20-15-5-4-13(8-11(2)18)9-14(15)17/h4-7,9,11H,8,18H2,1-3H3. The zero-order valence-electron chi connectivity index (χ0n) is 12.0. The van der Waals surface area contributed by atoms with Crippen LogP contribution in [0, 0.1) is 13.8 Å².